The van der Waals surface area contributed by atoms with Gasteiger partial charge in [0.25, 0.3) is 0 Å². The van der Waals surface area contributed by atoms with Gasteiger partial charge in [0.1, 0.15) is 0 Å². The second kappa shape index (κ2) is 5.32. The van der Waals surface area contributed by atoms with Gasteiger partial charge in [0.05, 0.1) is 0 Å². The average molecular weight is 226 g/mol. The van der Waals surface area contributed by atoms with Crippen LogP contribution in [0.1, 0.15) is 26.7 Å². The van der Waals surface area contributed by atoms with E-state index in [1.807, 2.05) is 18.7 Å². The Bertz CT molecular complexity index is 238. The van der Waals surface area contributed by atoms with Crippen molar-refractivity contribution in [3.63, 3.8) is 0 Å². The fraction of sp³-hybridized carbons (Fsp3) is 0.833. The van der Waals surface area contributed by atoms with Crippen LogP contribution in [-0.4, -0.2) is 48.8 Å². The Labute approximate surface area is 97.6 Å². The van der Waals surface area contributed by atoms with E-state index in [4.69, 9.17) is 0 Å². The molecule has 92 valence electrons. The lowest BCUT2D eigenvalue weighted by molar-refractivity contribution is -0.140. The fourth-order valence-corrected chi connectivity index (χ4v) is 2.08. The van der Waals surface area contributed by atoms with Gasteiger partial charge in [-0.15, -0.1) is 0 Å². The lowest BCUT2D eigenvalue weighted by Gasteiger charge is -2.33. The van der Waals surface area contributed by atoms with Gasteiger partial charge >= 0.3 is 0 Å². The van der Waals surface area contributed by atoms with Crippen LogP contribution >= 0.6 is 0 Å². The zero-order valence-electron chi connectivity index (χ0n) is 10.7. The van der Waals surface area contributed by atoms with Crippen molar-refractivity contribution in [3.8, 4) is 0 Å². The van der Waals surface area contributed by atoms with E-state index in [0.29, 0.717) is 0 Å². The fourth-order valence-electron chi connectivity index (χ4n) is 2.08. The largest absolute Gasteiger partial charge is 0.349 e. The van der Waals surface area contributed by atoms with E-state index in [2.05, 4.69) is 0 Å². The molecule has 0 spiro atoms. The van der Waals surface area contributed by atoms with Crippen molar-refractivity contribution >= 4 is 11.8 Å². The van der Waals surface area contributed by atoms with Gasteiger partial charge in [-0.25, -0.2) is 0 Å². The van der Waals surface area contributed by atoms with Crippen molar-refractivity contribution in [1.29, 1.82) is 0 Å². The Kier molecular flexibility index (Phi) is 4.33. The van der Waals surface area contributed by atoms with Crippen LogP contribution in [0.5, 0.6) is 0 Å². The first-order valence-corrected chi connectivity index (χ1v) is 5.93. The Morgan fingerprint density at radius 1 is 1.19 bits per heavy atom. The van der Waals surface area contributed by atoms with Gasteiger partial charge in [-0.3, -0.25) is 9.59 Å². The van der Waals surface area contributed by atoms with Crippen molar-refractivity contribution in [2.45, 2.75) is 26.7 Å². The molecule has 0 aromatic carbocycles. The van der Waals surface area contributed by atoms with Crippen LogP contribution in [0.3, 0.4) is 0 Å². The number of likely N-dealkylation sites (tertiary alicyclic amines) is 1. The number of hydrogen-bond donors (Lipinski definition) is 0. The quantitative estimate of drug-likeness (QED) is 0.704. The predicted molar refractivity (Wildman–Crippen MR) is 62.8 cm³/mol. The third-order valence-corrected chi connectivity index (χ3v) is 3.09. The summed E-state index contributed by atoms with van der Waals surface area (Å²) < 4.78 is 0. The molecule has 4 heteroatoms. The molecule has 0 atom stereocenters. The zero-order chi connectivity index (χ0) is 12.3. The molecule has 0 aromatic heterocycles. The standard InChI is InChI=1S/C12H22N2O2/c1-9(2)11(15)14-7-5-10(6-8-14)12(16)13(3)4/h9-10H,5-8H2,1-4H3. The first kappa shape index (κ1) is 13.0. The molecule has 1 aliphatic rings. The summed E-state index contributed by atoms with van der Waals surface area (Å²) in [7, 11) is 3.57. The molecule has 0 radical (unpaired) electrons. The average Bonchev–Trinajstić information content (AvgIpc) is 2.27. The van der Waals surface area contributed by atoms with E-state index in [9.17, 15) is 9.59 Å². The van der Waals surface area contributed by atoms with Crippen LogP contribution in [-0.2, 0) is 9.59 Å². The van der Waals surface area contributed by atoms with E-state index >= 15 is 0 Å². The minimum absolute atomic E-state index is 0.0566. The molecule has 1 saturated heterocycles. The third kappa shape index (κ3) is 2.97. The number of carbonyl (C=O) groups is 2. The summed E-state index contributed by atoms with van der Waals surface area (Å²) in [4.78, 5) is 27.0. The Morgan fingerprint density at radius 3 is 2.06 bits per heavy atom. The molecule has 4 nitrogen and oxygen atoms in total. The lowest BCUT2D eigenvalue weighted by atomic mass is 9.95. The number of amides is 2. The van der Waals surface area contributed by atoms with Gasteiger partial charge in [-0.2, -0.15) is 0 Å². The molecule has 0 bridgehead atoms. The number of piperidine rings is 1. The SMILES string of the molecule is CC(C)C(=O)N1CCC(C(=O)N(C)C)CC1. The number of nitrogens with zero attached hydrogens (tertiary/aromatic N) is 2. The summed E-state index contributed by atoms with van der Waals surface area (Å²) in [6.45, 7) is 5.28. The van der Waals surface area contributed by atoms with Crippen LogP contribution < -0.4 is 0 Å². The van der Waals surface area contributed by atoms with Gasteiger partial charge in [-0.05, 0) is 12.8 Å². The number of hydrogen-bond acceptors (Lipinski definition) is 2. The molecule has 0 aromatic rings. The van der Waals surface area contributed by atoms with Crippen molar-refractivity contribution in [1.82, 2.24) is 9.80 Å². The molecule has 1 rings (SSSR count). The maximum Gasteiger partial charge on any atom is 0.225 e. The van der Waals surface area contributed by atoms with Gasteiger partial charge in [0, 0.05) is 39.0 Å². The first-order chi connectivity index (χ1) is 7.43. The van der Waals surface area contributed by atoms with Crippen LogP contribution in [0.4, 0.5) is 0 Å². The van der Waals surface area contributed by atoms with E-state index < -0.39 is 0 Å². The summed E-state index contributed by atoms with van der Waals surface area (Å²) in [5.41, 5.74) is 0. The molecule has 1 aliphatic heterocycles. The molecule has 1 fully saturated rings. The van der Waals surface area contributed by atoms with E-state index in [1.54, 1.807) is 19.0 Å². The highest BCUT2D eigenvalue weighted by Crippen LogP contribution is 2.20. The van der Waals surface area contributed by atoms with Crippen molar-refractivity contribution in [2.75, 3.05) is 27.2 Å². The van der Waals surface area contributed by atoms with Gasteiger partial charge in [-0.1, -0.05) is 13.8 Å². The molecule has 0 unspecified atom stereocenters. The highest BCUT2D eigenvalue weighted by atomic mass is 16.2. The van der Waals surface area contributed by atoms with Crippen LogP contribution in [0.25, 0.3) is 0 Å². The Hall–Kier alpha value is -1.06. The normalized spacial score (nSPS) is 17.7. The molecule has 0 N–H and O–H groups in total. The minimum Gasteiger partial charge on any atom is -0.349 e. The second-order valence-electron chi connectivity index (χ2n) is 4.99. The second-order valence-corrected chi connectivity index (χ2v) is 4.99. The van der Waals surface area contributed by atoms with E-state index in [1.165, 1.54) is 0 Å². The lowest BCUT2D eigenvalue weighted by Crippen LogP contribution is -2.44. The molecule has 0 saturated carbocycles. The zero-order valence-corrected chi connectivity index (χ0v) is 10.7. The van der Waals surface area contributed by atoms with Crippen molar-refractivity contribution < 1.29 is 9.59 Å². The Balaban J connectivity index is 2.45. The summed E-state index contributed by atoms with van der Waals surface area (Å²) in [6.07, 6.45) is 1.60. The van der Waals surface area contributed by atoms with Gasteiger partial charge in [0.2, 0.25) is 11.8 Å². The number of rotatable bonds is 2. The topological polar surface area (TPSA) is 40.6 Å². The molecular formula is C12H22N2O2. The van der Waals surface area contributed by atoms with E-state index in [0.717, 1.165) is 25.9 Å². The van der Waals surface area contributed by atoms with Crippen molar-refractivity contribution in [3.05, 3.63) is 0 Å². The summed E-state index contributed by atoms with van der Waals surface area (Å²) >= 11 is 0. The monoisotopic (exact) mass is 226 g/mol. The Morgan fingerprint density at radius 2 is 1.69 bits per heavy atom. The molecule has 0 aliphatic carbocycles. The maximum absolute atomic E-state index is 11.7. The van der Waals surface area contributed by atoms with Gasteiger partial charge in [0.15, 0.2) is 0 Å². The van der Waals surface area contributed by atoms with Crippen LogP contribution in [0, 0.1) is 11.8 Å². The van der Waals surface area contributed by atoms with Gasteiger partial charge < -0.3 is 9.80 Å². The van der Waals surface area contributed by atoms with Crippen LogP contribution in [0.2, 0.25) is 0 Å². The van der Waals surface area contributed by atoms with Crippen LogP contribution in [0.15, 0.2) is 0 Å². The predicted octanol–water partition coefficient (Wildman–Crippen LogP) is 0.969. The molecule has 2 amide bonds. The highest BCUT2D eigenvalue weighted by Gasteiger charge is 2.28. The molecule has 1 heterocycles. The first-order valence-electron chi connectivity index (χ1n) is 5.93. The smallest absolute Gasteiger partial charge is 0.225 e. The highest BCUT2D eigenvalue weighted by molar-refractivity contribution is 5.80. The summed E-state index contributed by atoms with van der Waals surface area (Å²) in [5.74, 6) is 0.555. The maximum atomic E-state index is 11.7. The summed E-state index contributed by atoms with van der Waals surface area (Å²) in [6, 6.07) is 0. The minimum atomic E-state index is 0.0566. The molecular weight excluding hydrogens is 204 g/mol. The molecule has 16 heavy (non-hydrogen) atoms. The summed E-state index contributed by atoms with van der Waals surface area (Å²) in [5, 5.41) is 0. The van der Waals surface area contributed by atoms with Crippen molar-refractivity contribution in [2.24, 2.45) is 11.8 Å². The number of carbonyl (C=O) groups excluding carboxylic acids is 2. The van der Waals surface area contributed by atoms with E-state index in [-0.39, 0.29) is 23.7 Å². The third-order valence-electron chi connectivity index (χ3n) is 3.09.